The zero-order chi connectivity index (χ0) is 31.8. The highest BCUT2D eigenvalue weighted by Gasteiger charge is 2.51. The molecule has 0 N–H and O–H groups in total. The maximum Gasteiger partial charge on any atom is 0.530 e. The van der Waals surface area contributed by atoms with Gasteiger partial charge in [0.2, 0.25) is 0 Å². The van der Waals surface area contributed by atoms with Gasteiger partial charge in [-0.25, -0.2) is 9.13 Å². The van der Waals surface area contributed by atoms with Crippen molar-refractivity contribution in [2.75, 3.05) is 26.4 Å². The van der Waals surface area contributed by atoms with Gasteiger partial charge in [0.25, 0.3) is 0 Å². The van der Waals surface area contributed by atoms with E-state index in [1.807, 2.05) is 60.7 Å². The van der Waals surface area contributed by atoms with Crippen LogP contribution in [0.1, 0.15) is 49.9 Å². The van der Waals surface area contributed by atoms with E-state index in [9.17, 15) is 9.13 Å². The number of phosphoric acid groups is 2. The molecule has 236 valence electrons. The van der Waals surface area contributed by atoms with Crippen LogP contribution in [0.4, 0.5) is 0 Å². The van der Waals surface area contributed by atoms with Gasteiger partial charge in [0.1, 0.15) is 11.5 Å². The van der Waals surface area contributed by atoms with Crippen LogP contribution in [0.3, 0.4) is 0 Å². The monoisotopic (exact) mass is 648 g/mol. The smallest absolute Gasteiger partial charge is 0.404 e. The van der Waals surface area contributed by atoms with Crippen molar-refractivity contribution in [3.63, 3.8) is 0 Å². The van der Waals surface area contributed by atoms with E-state index < -0.39 is 21.1 Å². The fraction of sp³-hybridized carbons (Fsp3) is 0.314. The number of phosphoric ester groups is 2. The van der Waals surface area contributed by atoms with Gasteiger partial charge in [-0.05, 0) is 46.5 Å². The molecule has 2 aliphatic heterocycles. The molecule has 0 radical (unpaired) electrons. The minimum atomic E-state index is -3.88. The van der Waals surface area contributed by atoms with Crippen LogP contribution in [0, 0.1) is 5.41 Å². The molecule has 10 heteroatoms. The average molecular weight is 649 g/mol. The molecule has 0 bridgehead atoms. The van der Waals surface area contributed by atoms with E-state index >= 15 is 0 Å². The Morgan fingerprint density at radius 1 is 0.489 bits per heavy atom. The van der Waals surface area contributed by atoms with Gasteiger partial charge in [-0.15, -0.1) is 0 Å². The highest BCUT2D eigenvalue weighted by atomic mass is 31.2. The summed E-state index contributed by atoms with van der Waals surface area (Å²) in [4.78, 5) is 0. The van der Waals surface area contributed by atoms with Gasteiger partial charge in [-0.1, -0.05) is 113 Å². The predicted molar refractivity (Wildman–Crippen MR) is 173 cm³/mol. The van der Waals surface area contributed by atoms with Crippen LogP contribution in [-0.4, -0.2) is 26.4 Å². The molecule has 0 saturated carbocycles. The van der Waals surface area contributed by atoms with Crippen molar-refractivity contribution in [2.24, 2.45) is 5.41 Å². The SMILES string of the molecule is CC(C)(c1ccccc1)c1ccc(OP2(=O)OCC3(CO2)COP(=O)(Oc2ccc(C(C)(C)c4ccccc4)cc2)OC3)cc1. The van der Waals surface area contributed by atoms with E-state index in [0.717, 1.165) is 11.1 Å². The molecule has 0 aliphatic carbocycles. The van der Waals surface area contributed by atoms with Gasteiger partial charge in [0.15, 0.2) is 0 Å². The minimum absolute atomic E-state index is 0.0212. The van der Waals surface area contributed by atoms with Gasteiger partial charge >= 0.3 is 15.6 Å². The molecular weight excluding hydrogens is 610 g/mol. The van der Waals surface area contributed by atoms with Crippen LogP contribution in [0.5, 0.6) is 11.5 Å². The first kappa shape index (κ1) is 31.7. The normalized spacial score (nSPS) is 25.5. The lowest BCUT2D eigenvalue weighted by atomic mass is 9.78. The summed E-state index contributed by atoms with van der Waals surface area (Å²) in [5, 5.41) is 0. The Labute approximate surface area is 264 Å². The third-order valence-corrected chi connectivity index (χ3v) is 11.3. The van der Waals surface area contributed by atoms with Crippen molar-refractivity contribution < 1.29 is 36.3 Å². The fourth-order valence-electron chi connectivity index (χ4n) is 5.46. The molecule has 0 atom stereocenters. The summed E-state index contributed by atoms with van der Waals surface area (Å²) in [6.07, 6.45) is 0. The van der Waals surface area contributed by atoms with Crippen LogP contribution in [0.2, 0.25) is 0 Å². The molecule has 4 aromatic carbocycles. The first-order chi connectivity index (χ1) is 21.4. The van der Waals surface area contributed by atoms with E-state index in [1.54, 1.807) is 24.3 Å². The molecule has 0 unspecified atom stereocenters. The fourth-order valence-corrected chi connectivity index (χ4v) is 8.31. The first-order valence-electron chi connectivity index (χ1n) is 14.9. The molecular formula is C35H38O8P2. The molecule has 4 aromatic rings. The highest BCUT2D eigenvalue weighted by molar-refractivity contribution is 7.49. The summed E-state index contributed by atoms with van der Waals surface area (Å²) in [5.41, 5.74) is 3.29. The Hall–Kier alpha value is -3.22. The quantitative estimate of drug-likeness (QED) is 0.175. The van der Waals surface area contributed by atoms with E-state index in [4.69, 9.17) is 27.1 Å². The Morgan fingerprint density at radius 2 is 0.778 bits per heavy atom. The number of hydrogen-bond acceptors (Lipinski definition) is 8. The molecule has 0 amide bonds. The maximum absolute atomic E-state index is 13.3. The van der Waals surface area contributed by atoms with Crippen molar-refractivity contribution in [1.29, 1.82) is 0 Å². The van der Waals surface area contributed by atoms with E-state index in [-0.39, 0.29) is 37.3 Å². The number of rotatable bonds is 8. The molecule has 8 nitrogen and oxygen atoms in total. The van der Waals surface area contributed by atoms with E-state index in [1.165, 1.54) is 11.1 Å². The third kappa shape index (κ3) is 6.83. The van der Waals surface area contributed by atoms with Crippen LogP contribution in [-0.2, 0) is 38.1 Å². The van der Waals surface area contributed by atoms with Crippen molar-refractivity contribution in [3.05, 3.63) is 131 Å². The van der Waals surface area contributed by atoms with Crippen LogP contribution >= 0.6 is 15.6 Å². The first-order valence-corrected chi connectivity index (χ1v) is 17.8. The zero-order valence-corrected chi connectivity index (χ0v) is 27.7. The van der Waals surface area contributed by atoms with Crippen molar-refractivity contribution in [3.8, 4) is 11.5 Å². The Morgan fingerprint density at radius 3 is 1.09 bits per heavy atom. The topological polar surface area (TPSA) is 89.5 Å². The number of benzene rings is 4. The summed E-state index contributed by atoms with van der Waals surface area (Å²) < 4.78 is 60.4. The summed E-state index contributed by atoms with van der Waals surface area (Å²) >= 11 is 0. The minimum Gasteiger partial charge on any atom is -0.404 e. The van der Waals surface area contributed by atoms with Crippen molar-refractivity contribution in [2.45, 2.75) is 38.5 Å². The van der Waals surface area contributed by atoms with Crippen LogP contribution in [0.25, 0.3) is 0 Å². The lowest BCUT2D eigenvalue weighted by Gasteiger charge is -2.41. The Kier molecular flexibility index (Phi) is 8.60. The van der Waals surface area contributed by atoms with Gasteiger partial charge in [-0.3, -0.25) is 18.1 Å². The summed E-state index contributed by atoms with van der Waals surface area (Å²) in [5.74, 6) is 0.739. The molecule has 2 aliphatic rings. The van der Waals surface area contributed by atoms with Crippen molar-refractivity contribution in [1.82, 2.24) is 0 Å². The molecule has 45 heavy (non-hydrogen) atoms. The third-order valence-electron chi connectivity index (χ3n) is 8.69. The Balaban J connectivity index is 1.02. The average Bonchev–Trinajstić information content (AvgIpc) is 3.05. The predicted octanol–water partition coefficient (Wildman–Crippen LogP) is 9.09. The molecule has 2 saturated heterocycles. The largest absolute Gasteiger partial charge is 0.530 e. The maximum atomic E-state index is 13.3. The number of hydrogen-bond donors (Lipinski definition) is 0. The van der Waals surface area contributed by atoms with Crippen LogP contribution in [0.15, 0.2) is 109 Å². The molecule has 2 heterocycles. The second kappa shape index (κ2) is 12.2. The van der Waals surface area contributed by atoms with Crippen molar-refractivity contribution >= 4 is 15.6 Å². The van der Waals surface area contributed by atoms with Gasteiger partial charge in [0, 0.05) is 10.8 Å². The standard InChI is InChI=1S/C35H38O8P2/c1-33(2,27-11-7-5-8-12-27)29-15-19-31(20-16-29)42-44(36)38-23-35(24-39-44)25-40-45(37,41-26-35)43-32-21-17-30(18-22-32)34(3,4)28-13-9-6-10-14-28/h5-22H,23-26H2,1-4H3. The van der Waals surface area contributed by atoms with E-state index in [2.05, 4.69) is 52.0 Å². The molecule has 2 fully saturated rings. The second-order valence-corrected chi connectivity index (χ2v) is 15.9. The highest BCUT2D eigenvalue weighted by Crippen LogP contribution is 2.59. The second-order valence-electron chi connectivity index (χ2n) is 12.7. The Bertz CT molecular complexity index is 1550. The van der Waals surface area contributed by atoms with Gasteiger partial charge in [0.05, 0.1) is 31.8 Å². The van der Waals surface area contributed by atoms with Crippen LogP contribution < -0.4 is 9.05 Å². The molecule has 1 spiro atoms. The van der Waals surface area contributed by atoms with Gasteiger partial charge in [-0.2, -0.15) is 0 Å². The zero-order valence-electron chi connectivity index (χ0n) is 25.9. The lowest BCUT2D eigenvalue weighted by Crippen LogP contribution is -2.46. The summed E-state index contributed by atoms with van der Waals surface area (Å²) in [7, 11) is -7.76. The lowest BCUT2D eigenvalue weighted by molar-refractivity contribution is -0.0853. The van der Waals surface area contributed by atoms with E-state index in [0.29, 0.717) is 11.5 Å². The summed E-state index contributed by atoms with van der Waals surface area (Å²) in [6, 6.07) is 35.2. The van der Waals surface area contributed by atoms with Gasteiger partial charge < -0.3 is 9.05 Å². The molecule has 0 aromatic heterocycles. The summed E-state index contributed by atoms with van der Waals surface area (Å²) in [6.45, 7) is 8.51. The molecule has 6 rings (SSSR count).